The van der Waals surface area contributed by atoms with Crippen molar-refractivity contribution in [1.29, 1.82) is 0 Å². The number of carbonyl (C=O) groups is 1. The minimum atomic E-state index is -0.468. The van der Waals surface area contributed by atoms with Crippen LogP contribution in [0.1, 0.15) is 46.5 Å². The maximum atomic E-state index is 11.8. The van der Waals surface area contributed by atoms with Crippen molar-refractivity contribution >= 4 is 6.09 Å². The highest BCUT2D eigenvalue weighted by molar-refractivity contribution is 5.68. The number of hydrogen-bond donors (Lipinski definition) is 2. The Labute approximate surface area is 108 Å². The first-order valence-corrected chi connectivity index (χ1v) is 6.76. The molecule has 0 aliphatic carbocycles. The largest absolute Gasteiger partial charge is 0.444 e. The molecule has 3 N–H and O–H groups in total. The molecule has 2 rings (SSSR count). The van der Waals surface area contributed by atoms with Gasteiger partial charge >= 0.3 is 6.09 Å². The van der Waals surface area contributed by atoms with Crippen LogP contribution in [0.5, 0.6) is 0 Å². The molecule has 4 unspecified atom stereocenters. The van der Waals surface area contributed by atoms with Gasteiger partial charge in [0.2, 0.25) is 0 Å². The van der Waals surface area contributed by atoms with Crippen molar-refractivity contribution in [2.45, 2.75) is 76.3 Å². The zero-order valence-corrected chi connectivity index (χ0v) is 11.4. The molecular weight excluding hydrogens is 232 g/mol. The molecule has 104 valence electrons. The summed E-state index contributed by atoms with van der Waals surface area (Å²) in [4.78, 5) is 11.8. The van der Waals surface area contributed by atoms with Gasteiger partial charge in [-0.2, -0.15) is 0 Å². The molecule has 2 aliphatic rings. The molecular formula is C13H24N2O3. The van der Waals surface area contributed by atoms with Crippen molar-refractivity contribution in [1.82, 2.24) is 5.32 Å². The average molecular weight is 256 g/mol. The molecule has 5 nitrogen and oxygen atoms in total. The smallest absolute Gasteiger partial charge is 0.407 e. The molecule has 4 atom stereocenters. The number of nitrogens with two attached hydrogens (primary N) is 1. The fraction of sp³-hybridized carbons (Fsp3) is 0.923. The van der Waals surface area contributed by atoms with Gasteiger partial charge in [-0.25, -0.2) is 4.79 Å². The third-order valence-corrected chi connectivity index (χ3v) is 3.52. The first kappa shape index (κ1) is 13.6. The van der Waals surface area contributed by atoms with Gasteiger partial charge < -0.3 is 20.5 Å². The quantitative estimate of drug-likeness (QED) is 0.746. The fourth-order valence-corrected chi connectivity index (χ4v) is 2.67. The lowest BCUT2D eigenvalue weighted by Gasteiger charge is -2.26. The summed E-state index contributed by atoms with van der Waals surface area (Å²) in [7, 11) is 0. The highest BCUT2D eigenvalue weighted by Crippen LogP contribution is 2.30. The number of fused-ring (bicyclic) bond motifs is 2. The normalized spacial score (nSPS) is 36.0. The first-order chi connectivity index (χ1) is 8.35. The van der Waals surface area contributed by atoms with Gasteiger partial charge in [-0.1, -0.05) is 0 Å². The van der Waals surface area contributed by atoms with Gasteiger partial charge in [0.1, 0.15) is 5.60 Å². The van der Waals surface area contributed by atoms with Crippen LogP contribution >= 0.6 is 0 Å². The van der Waals surface area contributed by atoms with Gasteiger partial charge in [-0.3, -0.25) is 0 Å². The van der Waals surface area contributed by atoms with E-state index in [1.165, 1.54) is 0 Å². The molecule has 2 aliphatic heterocycles. The maximum absolute atomic E-state index is 11.8. The van der Waals surface area contributed by atoms with Crippen LogP contribution in [-0.4, -0.2) is 36.0 Å². The van der Waals surface area contributed by atoms with E-state index in [-0.39, 0.29) is 30.4 Å². The molecule has 2 fully saturated rings. The molecule has 0 aromatic heterocycles. The van der Waals surface area contributed by atoms with Crippen molar-refractivity contribution in [3.63, 3.8) is 0 Å². The molecule has 0 radical (unpaired) electrons. The van der Waals surface area contributed by atoms with Gasteiger partial charge in [0, 0.05) is 6.04 Å². The zero-order chi connectivity index (χ0) is 13.3. The summed E-state index contributed by atoms with van der Waals surface area (Å²) in [5, 5.41) is 2.92. The van der Waals surface area contributed by atoms with Gasteiger partial charge in [0.25, 0.3) is 0 Å². The Hall–Kier alpha value is -0.810. The van der Waals surface area contributed by atoms with Crippen LogP contribution < -0.4 is 11.1 Å². The third kappa shape index (κ3) is 3.36. The summed E-state index contributed by atoms with van der Waals surface area (Å²) in [6.45, 7) is 5.58. The molecule has 1 amide bonds. The van der Waals surface area contributed by atoms with E-state index in [1.807, 2.05) is 20.8 Å². The minimum absolute atomic E-state index is 0.0263. The second kappa shape index (κ2) is 5.05. The van der Waals surface area contributed by atoms with Crippen LogP contribution in [0, 0.1) is 0 Å². The van der Waals surface area contributed by atoms with Crippen LogP contribution in [0.25, 0.3) is 0 Å². The molecule has 0 saturated carbocycles. The lowest BCUT2D eigenvalue weighted by atomic mass is 9.94. The summed E-state index contributed by atoms with van der Waals surface area (Å²) < 4.78 is 11.2. The topological polar surface area (TPSA) is 73.6 Å². The second-order valence-corrected chi connectivity index (χ2v) is 6.28. The molecule has 5 heteroatoms. The van der Waals surface area contributed by atoms with E-state index in [1.54, 1.807) is 0 Å². The van der Waals surface area contributed by atoms with E-state index in [2.05, 4.69) is 5.32 Å². The standard InChI is InChI=1S/C13H24N2O3/c1-13(2,3)18-12(16)15-9-5-4-8(14)10-6-7-11(9)17-10/h8-11H,4-7,14H2,1-3H3,(H,15,16). The number of hydrogen-bond acceptors (Lipinski definition) is 4. The highest BCUT2D eigenvalue weighted by atomic mass is 16.6. The zero-order valence-electron chi connectivity index (χ0n) is 11.4. The summed E-state index contributed by atoms with van der Waals surface area (Å²) >= 11 is 0. The van der Waals surface area contributed by atoms with Crippen molar-refractivity contribution < 1.29 is 14.3 Å². The van der Waals surface area contributed by atoms with E-state index in [0.29, 0.717) is 0 Å². The maximum Gasteiger partial charge on any atom is 0.407 e. The molecule has 0 spiro atoms. The Morgan fingerprint density at radius 3 is 2.56 bits per heavy atom. The summed E-state index contributed by atoms with van der Waals surface area (Å²) in [6.07, 6.45) is 3.62. The van der Waals surface area contributed by atoms with E-state index >= 15 is 0 Å². The van der Waals surface area contributed by atoms with Crippen molar-refractivity contribution in [2.24, 2.45) is 5.73 Å². The van der Waals surface area contributed by atoms with Gasteiger partial charge in [-0.05, 0) is 46.5 Å². The average Bonchev–Trinajstić information content (AvgIpc) is 2.64. The Kier molecular flexibility index (Phi) is 3.82. The fourth-order valence-electron chi connectivity index (χ4n) is 2.67. The van der Waals surface area contributed by atoms with Crippen LogP contribution in [-0.2, 0) is 9.47 Å². The Morgan fingerprint density at radius 2 is 1.89 bits per heavy atom. The monoisotopic (exact) mass is 256 g/mol. The van der Waals surface area contributed by atoms with E-state index in [9.17, 15) is 4.79 Å². The van der Waals surface area contributed by atoms with Crippen LogP contribution in [0.4, 0.5) is 4.79 Å². The van der Waals surface area contributed by atoms with Crippen molar-refractivity contribution in [2.75, 3.05) is 0 Å². The van der Waals surface area contributed by atoms with Crippen molar-refractivity contribution in [3.05, 3.63) is 0 Å². The lowest BCUT2D eigenvalue weighted by molar-refractivity contribution is 0.0172. The molecule has 2 heterocycles. The van der Waals surface area contributed by atoms with E-state index in [0.717, 1.165) is 25.7 Å². The summed E-state index contributed by atoms with van der Waals surface area (Å²) in [5.74, 6) is 0. The molecule has 2 saturated heterocycles. The number of amides is 1. The predicted molar refractivity (Wildman–Crippen MR) is 68.3 cm³/mol. The van der Waals surface area contributed by atoms with Crippen LogP contribution in [0.15, 0.2) is 0 Å². The number of alkyl carbamates (subject to hydrolysis) is 1. The molecule has 2 bridgehead atoms. The van der Waals surface area contributed by atoms with Gasteiger partial charge in [-0.15, -0.1) is 0 Å². The Balaban J connectivity index is 1.91. The summed E-state index contributed by atoms with van der Waals surface area (Å²) in [5.41, 5.74) is 5.57. The number of ether oxygens (including phenoxy) is 2. The van der Waals surface area contributed by atoms with Crippen LogP contribution in [0.2, 0.25) is 0 Å². The SMILES string of the molecule is CC(C)(C)OC(=O)NC1CCC(N)C2CCC1O2. The van der Waals surface area contributed by atoms with E-state index in [4.69, 9.17) is 15.2 Å². The van der Waals surface area contributed by atoms with Gasteiger partial charge in [0.05, 0.1) is 18.2 Å². The number of nitrogens with one attached hydrogen (secondary N) is 1. The molecule has 18 heavy (non-hydrogen) atoms. The highest BCUT2D eigenvalue weighted by Gasteiger charge is 2.39. The van der Waals surface area contributed by atoms with Gasteiger partial charge in [0.15, 0.2) is 0 Å². The number of carbonyl (C=O) groups excluding carboxylic acids is 1. The Morgan fingerprint density at radius 1 is 1.22 bits per heavy atom. The Bertz CT molecular complexity index is 314. The van der Waals surface area contributed by atoms with Crippen LogP contribution in [0.3, 0.4) is 0 Å². The van der Waals surface area contributed by atoms with Crippen molar-refractivity contribution in [3.8, 4) is 0 Å². The lowest BCUT2D eigenvalue weighted by Crippen LogP contribution is -2.45. The van der Waals surface area contributed by atoms with E-state index < -0.39 is 5.60 Å². The number of rotatable bonds is 1. The third-order valence-electron chi connectivity index (χ3n) is 3.52. The summed E-state index contributed by atoms with van der Waals surface area (Å²) in [6, 6.07) is 0.124. The predicted octanol–water partition coefficient (Wildman–Crippen LogP) is 1.55. The first-order valence-electron chi connectivity index (χ1n) is 6.76. The molecule has 0 aromatic rings. The second-order valence-electron chi connectivity index (χ2n) is 6.28. The molecule has 0 aromatic carbocycles. The minimum Gasteiger partial charge on any atom is -0.444 e.